The summed E-state index contributed by atoms with van der Waals surface area (Å²) in [5.41, 5.74) is 0. The molecule has 1 aliphatic rings. The smallest absolute Gasteiger partial charge is 0.323 e. The lowest BCUT2D eigenvalue weighted by Gasteiger charge is -2.39. The number of esters is 1. The highest BCUT2D eigenvalue weighted by Crippen LogP contribution is 2.22. The number of rotatable bonds is 7. The number of carbonyl (C=O) groups excluding carboxylic acids is 1. The zero-order chi connectivity index (χ0) is 15.1. The highest BCUT2D eigenvalue weighted by molar-refractivity contribution is 5.75. The van der Waals surface area contributed by atoms with Gasteiger partial charge in [0.1, 0.15) is 6.04 Å². The Morgan fingerprint density at radius 3 is 2.40 bits per heavy atom. The SMILES string of the molecule is CCOC(=O)C(CCN1[C@H](C)CCC[C@@H]1C)NC(C)C. The fraction of sp³-hybridized carbons (Fsp3) is 0.938. The normalized spacial score (nSPS) is 25.7. The molecule has 0 radical (unpaired) electrons. The third-order valence-electron chi connectivity index (χ3n) is 4.16. The van der Waals surface area contributed by atoms with Crippen molar-refractivity contribution in [3.63, 3.8) is 0 Å². The van der Waals surface area contributed by atoms with Gasteiger partial charge >= 0.3 is 5.97 Å². The van der Waals surface area contributed by atoms with Gasteiger partial charge in [0.2, 0.25) is 0 Å². The van der Waals surface area contributed by atoms with Gasteiger partial charge in [-0.1, -0.05) is 20.3 Å². The molecule has 0 bridgehead atoms. The van der Waals surface area contributed by atoms with Gasteiger partial charge in [-0.05, 0) is 40.0 Å². The molecule has 1 aliphatic heterocycles. The van der Waals surface area contributed by atoms with Crippen molar-refractivity contribution in [1.29, 1.82) is 0 Å². The summed E-state index contributed by atoms with van der Waals surface area (Å²) in [6, 6.07) is 1.36. The van der Waals surface area contributed by atoms with E-state index in [4.69, 9.17) is 4.74 Å². The van der Waals surface area contributed by atoms with E-state index in [2.05, 4.69) is 37.9 Å². The molecule has 4 heteroatoms. The van der Waals surface area contributed by atoms with Gasteiger partial charge in [0.25, 0.3) is 0 Å². The maximum Gasteiger partial charge on any atom is 0.323 e. The molecular formula is C16H32N2O2. The average molecular weight is 284 g/mol. The number of ether oxygens (including phenoxy) is 1. The van der Waals surface area contributed by atoms with Gasteiger partial charge in [0.05, 0.1) is 6.61 Å². The van der Waals surface area contributed by atoms with E-state index in [1.54, 1.807) is 0 Å². The van der Waals surface area contributed by atoms with Gasteiger partial charge in [0, 0.05) is 24.7 Å². The minimum atomic E-state index is -0.184. The third-order valence-corrected chi connectivity index (χ3v) is 4.16. The molecule has 20 heavy (non-hydrogen) atoms. The van der Waals surface area contributed by atoms with E-state index >= 15 is 0 Å². The number of hydrogen-bond acceptors (Lipinski definition) is 4. The molecule has 1 rings (SSSR count). The summed E-state index contributed by atoms with van der Waals surface area (Å²) in [4.78, 5) is 14.6. The molecule has 0 saturated carbocycles. The van der Waals surface area contributed by atoms with Crippen LogP contribution in [0.15, 0.2) is 0 Å². The number of nitrogens with zero attached hydrogens (tertiary/aromatic N) is 1. The Kier molecular flexibility index (Phi) is 7.52. The van der Waals surface area contributed by atoms with Crippen LogP contribution in [0.5, 0.6) is 0 Å². The maximum absolute atomic E-state index is 12.0. The zero-order valence-corrected chi connectivity index (χ0v) is 13.8. The molecule has 0 amide bonds. The summed E-state index contributed by atoms with van der Waals surface area (Å²) in [5.74, 6) is -0.112. The van der Waals surface area contributed by atoms with Crippen molar-refractivity contribution in [3.8, 4) is 0 Å². The summed E-state index contributed by atoms with van der Waals surface area (Å²) in [7, 11) is 0. The molecule has 1 fully saturated rings. The molecule has 0 aromatic rings. The van der Waals surface area contributed by atoms with E-state index in [0.29, 0.717) is 24.7 Å². The van der Waals surface area contributed by atoms with Crippen molar-refractivity contribution in [3.05, 3.63) is 0 Å². The van der Waals surface area contributed by atoms with Crippen molar-refractivity contribution in [2.45, 2.75) is 84.5 Å². The molecule has 3 atom stereocenters. The Labute approximate surface area is 124 Å². The van der Waals surface area contributed by atoms with Crippen LogP contribution < -0.4 is 5.32 Å². The summed E-state index contributed by atoms with van der Waals surface area (Å²) in [6.07, 6.45) is 4.69. The molecule has 118 valence electrons. The number of likely N-dealkylation sites (tertiary alicyclic amines) is 1. The fourth-order valence-electron chi connectivity index (χ4n) is 3.11. The van der Waals surface area contributed by atoms with Crippen LogP contribution in [-0.2, 0) is 9.53 Å². The lowest BCUT2D eigenvalue weighted by atomic mass is 9.97. The first kappa shape index (κ1) is 17.4. The van der Waals surface area contributed by atoms with E-state index in [-0.39, 0.29) is 12.0 Å². The summed E-state index contributed by atoms with van der Waals surface area (Å²) in [6.45, 7) is 12.0. The average Bonchev–Trinajstić information content (AvgIpc) is 2.36. The lowest BCUT2D eigenvalue weighted by Crippen LogP contribution is -2.48. The van der Waals surface area contributed by atoms with Crippen LogP contribution in [-0.4, -0.2) is 48.2 Å². The first-order valence-electron chi connectivity index (χ1n) is 8.14. The maximum atomic E-state index is 12.0. The van der Waals surface area contributed by atoms with Gasteiger partial charge in [-0.2, -0.15) is 0 Å². The predicted molar refractivity (Wildman–Crippen MR) is 82.8 cm³/mol. The molecule has 1 heterocycles. The van der Waals surface area contributed by atoms with Crippen molar-refractivity contribution in [2.24, 2.45) is 0 Å². The van der Waals surface area contributed by atoms with E-state index in [1.165, 1.54) is 19.3 Å². The number of piperidine rings is 1. The van der Waals surface area contributed by atoms with Gasteiger partial charge < -0.3 is 10.1 Å². The van der Waals surface area contributed by atoms with Crippen LogP contribution in [0.2, 0.25) is 0 Å². The van der Waals surface area contributed by atoms with Crippen LogP contribution in [0.3, 0.4) is 0 Å². The van der Waals surface area contributed by atoms with Crippen LogP contribution in [0.25, 0.3) is 0 Å². The first-order valence-corrected chi connectivity index (χ1v) is 8.14. The molecule has 0 aliphatic carbocycles. The molecule has 0 aromatic heterocycles. The third kappa shape index (κ3) is 5.41. The Bertz CT molecular complexity index is 284. The molecule has 1 unspecified atom stereocenters. The molecule has 0 spiro atoms. The van der Waals surface area contributed by atoms with Gasteiger partial charge in [-0.15, -0.1) is 0 Å². The lowest BCUT2D eigenvalue weighted by molar-refractivity contribution is -0.146. The van der Waals surface area contributed by atoms with Crippen molar-refractivity contribution in [1.82, 2.24) is 10.2 Å². The molecule has 0 aromatic carbocycles. The van der Waals surface area contributed by atoms with Gasteiger partial charge in [-0.3, -0.25) is 9.69 Å². The van der Waals surface area contributed by atoms with E-state index in [0.717, 1.165) is 13.0 Å². The van der Waals surface area contributed by atoms with Crippen molar-refractivity contribution >= 4 is 5.97 Å². The minimum absolute atomic E-state index is 0.112. The largest absolute Gasteiger partial charge is 0.465 e. The molecule has 1 N–H and O–H groups in total. The zero-order valence-electron chi connectivity index (χ0n) is 13.8. The number of hydrogen-bond donors (Lipinski definition) is 1. The van der Waals surface area contributed by atoms with Gasteiger partial charge in [0.15, 0.2) is 0 Å². The molecule has 4 nitrogen and oxygen atoms in total. The number of nitrogens with one attached hydrogen (secondary N) is 1. The van der Waals surface area contributed by atoms with Crippen LogP contribution >= 0.6 is 0 Å². The highest BCUT2D eigenvalue weighted by atomic mass is 16.5. The summed E-state index contributed by atoms with van der Waals surface area (Å²) < 4.78 is 5.18. The van der Waals surface area contributed by atoms with E-state index in [9.17, 15) is 4.79 Å². The Hall–Kier alpha value is -0.610. The Morgan fingerprint density at radius 1 is 1.30 bits per heavy atom. The standard InChI is InChI=1S/C16H32N2O2/c1-6-20-16(19)15(17-12(2)3)10-11-18-13(4)8-7-9-14(18)5/h12-15,17H,6-11H2,1-5H3/t13-,14+,15?. The minimum Gasteiger partial charge on any atom is -0.465 e. The Morgan fingerprint density at radius 2 is 1.90 bits per heavy atom. The topological polar surface area (TPSA) is 41.6 Å². The Balaban J connectivity index is 2.53. The van der Waals surface area contributed by atoms with Gasteiger partial charge in [-0.25, -0.2) is 0 Å². The van der Waals surface area contributed by atoms with Crippen molar-refractivity contribution in [2.75, 3.05) is 13.2 Å². The first-order chi connectivity index (χ1) is 9.45. The number of carbonyl (C=O) groups is 1. The summed E-state index contributed by atoms with van der Waals surface area (Å²) >= 11 is 0. The quantitative estimate of drug-likeness (QED) is 0.730. The molecular weight excluding hydrogens is 252 g/mol. The van der Waals surface area contributed by atoms with Crippen LogP contribution in [0, 0.1) is 0 Å². The second-order valence-corrected chi connectivity index (χ2v) is 6.28. The van der Waals surface area contributed by atoms with E-state index in [1.807, 2.05) is 6.92 Å². The second kappa shape index (κ2) is 8.63. The van der Waals surface area contributed by atoms with Crippen molar-refractivity contribution < 1.29 is 9.53 Å². The highest BCUT2D eigenvalue weighted by Gasteiger charge is 2.27. The predicted octanol–water partition coefficient (Wildman–Crippen LogP) is 2.57. The molecule has 1 saturated heterocycles. The second-order valence-electron chi connectivity index (χ2n) is 6.28. The van der Waals surface area contributed by atoms with Crippen LogP contribution in [0.4, 0.5) is 0 Å². The summed E-state index contributed by atoms with van der Waals surface area (Å²) in [5, 5.41) is 3.33. The van der Waals surface area contributed by atoms with E-state index < -0.39 is 0 Å². The fourth-order valence-corrected chi connectivity index (χ4v) is 3.11. The monoisotopic (exact) mass is 284 g/mol. The van der Waals surface area contributed by atoms with Crippen LogP contribution in [0.1, 0.15) is 60.3 Å².